The molecule has 1 fully saturated rings. The minimum absolute atomic E-state index is 0.0150. The van der Waals surface area contributed by atoms with E-state index in [0.717, 1.165) is 0 Å². The van der Waals surface area contributed by atoms with E-state index >= 15 is 0 Å². The van der Waals surface area contributed by atoms with Crippen molar-refractivity contribution in [3.05, 3.63) is 12.4 Å². The van der Waals surface area contributed by atoms with Crippen LogP contribution < -0.4 is 0 Å². The Kier molecular flexibility index (Phi) is 3.20. The summed E-state index contributed by atoms with van der Waals surface area (Å²) in [5.74, 6) is -0.0150. The number of nitrogens with zero attached hydrogens (tertiary/aromatic N) is 3. The number of rotatable bonds is 2. The molecule has 0 spiro atoms. The fraction of sp³-hybridized carbons (Fsp3) is 0.667. The molecule has 106 valence electrons. The number of aromatic nitrogens is 2. The zero-order valence-corrected chi connectivity index (χ0v) is 12.4. The molecule has 1 aliphatic rings. The maximum Gasteiger partial charge on any atom is 0.228 e. The predicted octanol–water partition coefficient (Wildman–Crippen LogP) is 0.451. The van der Waals surface area contributed by atoms with E-state index < -0.39 is 20.5 Å². The van der Waals surface area contributed by atoms with Gasteiger partial charge in [0.15, 0.2) is 0 Å². The number of carbonyl (C=O) groups is 1. The van der Waals surface area contributed by atoms with E-state index in [-0.39, 0.29) is 24.2 Å². The number of imidazole rings is 1. The molecule has 7 heteroatoms. The Labute approximate surface area is 113 Å². The molecule has 0 aromatic carbocycles. The van der Waals surface area contributed by atoms with Gasteiger partial charge in [0, 0.05) is 37.9 Å². The van der Waals surface area contributed by atoms with Crippen LogP contribution in [0.3, 0.4) is 0 Å². The monoisotopic (exact) mass is 285 g/mol. The Bertz CT molecular complexity index is 592. The van der Waals surface area contributed by atoms with Gasteiger partial charge in [0.2, 0.25) is 20.9 Å². The molecule has 6 nitrogen and oxygen atoms in total. The Morgan fingerprint density at radius 1 is 1.37 bits per heavy atom. The lowest BCUT2D eigenvalue weighted by molar-refractivity contribution is -0.142. The van der Waals surface area contributed by atoms with Gasteiger partial charge in [-0.15, -0.1) is 0 Å². The van der Waals surface area contributed by atoms with Crippen molar-refractivity contribution in [3.8, 4) is 0 Å². The van der Waals surface area contributed by atoms with Crippen LogP contribution in [0, 0.1) is 5.41 Å². The third-order valence-electron chi connectivity index (χ3n) is 3.25. The van der Waals surface area contributed by atoms with E-state index in [1.807, 2.05) is 20.8 Å². The first-order valence-corrected chi connectivity index (χ1v) is 7.69. The third-order valence-corrected chi connectivity index (χ3v) is 5.33. The number of sulfone groups is 1. The standard InChI is InChI=1S/C12H19N3O3S/c1-12(2,3)10(16)15-7-9(8-15)19(17,18)11-13-5-6-14(11)4/h5-6,9H,7-8H2,1-4H3. The topological polar surface area (TPSA) is 72.3 Å². The maximum absolute atomic E-state index is 12.3. The highest BCUT2D eigenvalue weighted by molar-refractivity contribution is 7.92. The molecule has 0 radical (unpaired) electrons. The zero-order valence-electron chi connectivity index (χ0n) is 11.6. The molecular weight excluding hydrogens is 266 g/mol. The lowest BCUT2D eigenvalue weighted by Gasteiger charge is -2.41. The van der Waals surface area contributed by atoms with Crippen molar-refractivity contribution in [2.45, 2.75) is 31.2 Å². The highest BCUT2D eigenvalue weighted by Crippen LogP contribution is 2.27. The van der Waals surface area contributed by atoms with Crippen molar-refractivity contribution in [2.24, 2.45) is 12.5 Å². The van der Waals surface area contributed by atoms with E-state index in [1.54, 1.807) is 18.1 Å². The quantitative estimate of drug-likeness (QED) is 0.791. The number of amides is 1. The summed E-state index contributed by atoms with van der Waals surface area (Å²) in [6.07, 6.45) is 3.06. The number of hydrogen-bond donors (Lipinski definition) is 0. The van der Waals surface area contributed by atoms with Crippen LogP contribution in [-0.2, 0) is 21.7 Å². The summed E-state index contributed by atoms with van der Waals surface area (Å²) in [5.41, 5.74) is -0.474. The molecule has 0 unspecified atom stereocenters. The molecular formula is C12H19N3O3S. The van der Waals surface area contributed by atoms with Crippen molar-refractivity contribution in [1.82, 2.24) is 14.5 Å². The van der Waals surface area contributed by atoms with Gasteiger partial charge in [0.05, 0.1) is 0 Å². The summed E-state index contributed by atoms with van der Waals surface area (Å²) in [7, 11) is -1.79. The van der Waals surface area contributed by atoms with Gasteiger partial charge in [-0.3, -0.25) is 4.79 Å². The summed E-state index contributed by atoms with van der Waals surface area (Å²) in [6.45, 7) is 6.00. The molecule has 0 atom stereocenters. The van der Waals surface area contributed by atoms with E-state index in [9.17, 15) is 13.2 Å². The van der Waals surface area contributed by atoms with Crippen LogP contribution in [0.1, 0.15) is 20.8 Å². The first-order valence-electron chi connectivity index (χ1n) is 6.14. The smallest absolute Gasteiger partial charge is 0.228 e. The second kappa shape index (κ2) is 4.33. The molecule has 1 aliphatic heterocycles. The van der Waals surface area contributed by atoms with E-state index in [4.69, 9.17) is 0 Å². The van der Waals surface area contributed by atoms with Crippen molar-refractivity contribution in [2.75, 3.05) is 13.1 Å². The van der Waals surface area contributed by atoms with Crippen LogP contribution in [-0.4, -0.2) is 47.1 Å². The summed E-state index contributed by atoms with van der Waals surface area (Å²) >= 11 is 0. The van der Waals surface area contributed by atoms with Gasteiger partial charge in [-0.05, 0) is 0 Å². The first-order chi connectivity index (χ1) is 8.64. The van der Waals surface area contributed by atoms with E-state index in [2.05, 4.69) is 4.98 Å². The second-order valence-corrected chi connectivity index (χ2v) is 8.07. The van der Waals surface area contributed by atoms with Gasteiger partial charge in [0.25, 0.3) is 0 Å². The maximum atomic E-state index is 12.3. The fourth-order valence-corrected chi connectivity index (χ4v) is 3.77. The van der Waals surface area contributed by atoms with Crippen LogP contribution in [0.5, 0.6) is 0 Å². The Hall–Kier alpha value is -1.37. The highest BCUT2D eigenvalue weighted by Gasteiger charge is 2.44. The number of carbonyl (C=O) groups excluding carboxylic acids is 1. The Balaban J connectivity index is 2.09. The molecule has 2 rings (SSSR count). The molecule has 1 saturated heterocycles. The minimum atomic E-state index is -3.44. The van der Waals surface area contributed by atoms with Crippen LogP contribution >= 0.6 is 0 Å². The summed E-state index contributed by atoms with van der Waals surface area (Å²) in [4.78, 5) is 17.5. The lowest BCUT2D eigenvalue weighted by atomic mass is 9.93. The number of aryl methyl sites for hydroxylation is 1. The van der Waals surface area contributed by atoms with E-state index in [1.165, 1.54) is 10.8 Å². The van der Waals surface area contributed by atoms with Crippen molar-refractivity contribution < 1.29 is 13.2 Å². The highest BCUT2D eigenvalue weighted by atomic mass is 32.2. The molecule has 0 saturated carbocycles. The molecule has 1 amide bonds. The van der Waals surface area contributed by atoms with Crippen LogP contribution in [0.4, 0.5) is 0 Å². The normalized spacial score (nSPS) is 17.4. The molecule has 1 aromatic rings. The van der Waals surface area contributed by atoms with Crippen LogP contribution in [0.15, 0.2) is 17.6 Å². The Morgan fingerprint density at radius 2 is 1.95 bits per heavy atom. The predicted molar refractivity (Wildman–Crippen MR) is 70.2 cm³/mol. The van der Waals surface area contributed by atoms with Crippen molar-refractivity contribution in [1.29, 1.82) is 0 Å². The minimum Gasteiger partial charge on any atom is -0.339 e. The number of hydrogen-bond acceptors (Lipinski definition) is 4. The van der Waals surface area contributed by atoms with Crippen LogP contribution in [0.2, 0.25) is 0 Å². The lowest BCUT2D eigenvalue weighted by Crippen LogP contribution is -2.59. The summed E-state index contributed by atoms with van der Waals surface area (Å²) in [6, 6.07) is 0. The molecule has 2 heterocycles. The first kappa shape index (κ1) is 14.0. The average Bonchev–Trinajstić information content (AvgIpc) is 2.60. The molecule has 1 aromatic heterocycles. The van der Waals surface area contributed by atoms with Gasteiger partial charge in [-0.2, -0.15) is 0 Å². The summed E-state index contributed by atoms with van der Waals surface area (Å²) < 4.78 is 26.1. The van der Waals surface area contributed by atoms with E-state index in [0.29, 0.717) is 0 Å². The van der Waals surface area contributed by atoms with Crippen LogP contribution in [0.25, 0.3) is 0 Å². The average molecular weight is 285 g/mol. The molecule has 0 bridgehead atoms. The number of likely N-dealkylation sites (tertiary alicyclic amines) is 1. The largest absolute Gasteiger partial charge is 0.339 e. The van der Waals surface area contributed by atoms with Gasteiger partial charge in [-0.1, -0.05) is 20.8 Å². The van der Waals surface area contributed by atoms with Crippen molar-refractivity contribution in [3.63, 3.8) is 0 Å². The summed E-state index contributed by atoms with van der Waals surface area (Å²) in [5, 5.41) is -0.472. The van der Waals surface area contributed by atoms with Crippen molar-refractivity contribution >= 4 is 15.7 Å². The van der Waals surface area contributed by atoms with Gasteiger partial charge >= 0.3 is 0 Å². The molecule has 19 heavy (non-hydrogen) atoms. The molecule has 0 N–H and O–H groups in total. The van der Waals surface area contributed by atoms with Gasteiger partial charge < -0.3 is 9.47 Å². The molecule has 0 aliphatic carbocycles. The zero-order chi connectivity index (χ0) is 14.4. The fourth-order valence-electron chi connectivity index (χ4n) is 2.05. The third kappa shape index (κ3) is 2.39. The SMILES string of the molecule is Cn1ccnc1S(=O)(=O)C1CN(C(=O)C(C)(C)C)C1. The second-order valence-electron chi connectivity index (χ2n) is 5.95. The van der Waals surface area contributed by atoms with Gasteiger partial charge in [0.1, 0.15) is 5.25 Å². The Morgan fingerprint density at radius 3 is 2.37 bits per heavy atom. The van der Waals surface area contributed by atoms with Gasteiger partial charge in [-0.25, -0.2) is 13.4 Å².